The number of rotatable bonds is 1. The number of pyridine rings is 2. The molecular formula is C27H23N2O2+. The van der Waals surface area contributed by atoms with E-state index in [0.29, 0.717) is 44.1 Å². The van der Waals surface area contributed by atoms with E-state index in [1.807, 2.05) is 24.3 Å². The van der Waals surface area contributed by atoms with E-state index >= 15 is 0 Å². The van der Waals surface area contributed by atoms with E-state index in [0.717, 1.165) is 5.39 Å². The van der Waals surface area contributed by atoms with E-state index in [-0.39, 0.29) is 28.0 Å². The number of para-hydroxylation sites is 1. The molecule has 4 nitrogen and oxygen atoms in total. The van der Waals surface area contributed by atoms with Gasteiger partial charge in [-0.05, 0) is 50.2 Å². The van der Waals surface area contributed by atoms with Crippen LogP contribution in [0.5, 0.6) is 0 Å². The molecule has 0 radical (unpaired) electrons. The number of hydrogen-bond acceptors (Lipinski definition) is 3. The summed E-state index contributed by atoms with van der Waals surface area (Å²) in [5.74, 6) is 0. The van der Waals surface area contributed by atoms with Crippen molar-refractivity contribution in [3.63, 3.8) is 0 Å². The predicted octanol–water partition coefficient (Wildman–Crippen LogP) is 6.61. The molecule has 0 saturated carbocycles. The number of aryl methyl sites for hydroxylation is 5. The van der Waals surface area contributed by atoms with Crippen LogP contribution in [-0.2, 0) is 7.05 Å². The lowest BCUT2D eigenvalue weighted by Gasteiger charge is -2.09. The zero-order valence-electron chi connectivity index (χ0n) is 25.8. The van der Waals surface area contributed by atoms with Crippen molar-refractivity contribution in [1.29, 1.82) is 0 Å². The second-order valence-electron chi connectivity index (χ2n) is 7.79. The monoisotopic (exact) mass is 416 g/mol. The first-order valence-electron chi connectivity index (χ1n) is 14.3. The summed E-state index contributed by atoms with van der Waals surface area (Å²) in [6.07, 6.45) is 2.81. The van der Waals surface area contributed by atoms with Gasteiger partial charge in [0.05, 0.1) is 17.1 Å². The molecule has 6 rings (SSSR count). The van der Waals surface area contributed by atoms with Gasteiger partial charge in [0, 0.05) is 40.1 Å². The van der Waals surface area contributed by atoms with Gasteiger partial charge in [-0.25, -0.2) is 9.55 Å². The Bertz CT molecular complexity index is 1990. The minimum atomic E-state index is -2.71. The average molecular weight is 417 g/mol. The van der Waals surface area contributed by atoms with Crippen molar-refractivity contribution in [2.75, 3.05) is 0 Å². The molecule has 2 aromatic carbocycles. The SMILES string of the molecule is [2H]C([2H])([2H])c1cc(-c2c(C)cc(C([2H])([2H])[2H])c3c2oc2ncc4oc5ccccc5c4c23)[n+](C)cc1C([2H])([2H])[2H]. The van der Waals surface area contributed by atoms with E-state index in [1.54, 1.807) is 20.0 Å². The molecule has 0 saturated heterocycles. The lowest BCUT2D eigenvalue weighted by Crippen LogP contribution is -2.31. The molecule has 6 aromatic rings. The fraction of sp³-hybridized carbons (Fsp3) is 0.185. The summed E-state index contributed by atoms with van der Waals surface area (Å²) in [4.78, 5) is 4.44. The van der Waals surface area contributed by atoms with Crippen molar-refractivity contribution in [3.8, 4) is 11.3 Å². The summed E-state index contributed by atoms with van der Waals surface area (Å²) >= 11 is 0. The molecule has 0 bridgehead atoms. The Labute approximate surface area is 192 Å². The highest BCUT2D eigenvalue weighted by molar-refractivity contribution is 6.26. The zero-order chi connectivity index (χ0) is 28.9. The first-order chi connectivity index (χ1) is 18.6. The Hall–Kier alpha value is -3.66. The van der Waals surface area contributed by atoms with Crippen LogP contribution in [0.15, 0.2) is 57.6 Å². The molecule has 0 N–H and O–H groups in total. The van der Waals surface area contributed by atoms with Gasteiger partial charge in [0.15, 0.2) is 17.4 Å². The number of fused-ring (bicyclic) bond motifs is 7. The smallest absolute Gasteiger partial charge is 0.228 e. The van der Waals surface area contributed by atoms with Gasteiger partial charge >= 0.3 is 0 Å². The van der Waals surface area contributed by atoms with Crippen molar-refractivity contribution in [2.45, 2.75) is 27.5 Å². The fourth-order valence-corrected chi connectivity index (χ4v) is 4.46. The van der Waals surface area contributed by atoms with Gasteiger partial charge in [-0.15, -0.1) is 0 Å². The Kier molecular flexibility index (Phi) is 2.21. The van der Waals surface area contributed by atoms with Crippen molar-refractivity contribution >= 4 is 44.0 Å². The summed E-state index contributed by atoms with van der Waals surface area (Å²) < 4.78 is 86.7. The summed E-state index contributed by atoms with van der Waals surface area (Å²) in [6.45, 7) is -6.18. The van der Waals surface area contributed by atoms with Crippen molar-refractivity contribution in [2.24, 2.45) is 7.05 Å². The summed E-state index contributed by atoms with van der Waals surface area (Å²) in [5, 5.41) is 2.21. The summed E-state index contributed by atoms with van der Waals surface area (Å²) in [7, 11) is 1.61. The van der Waals surface area contributed by atoms with E-state index in [4.69, 9.17) is 21.2 Å². The van der Waals surface area contributed by atoms with Crippen LogP contribution in [0.2, 0.25) is 0 Å². The third-order valence-electron chi connectivity index (χ3n) is 5.84. The Morgan fingerprint density at radius 2 is 1.71 bits per heavy atom. The second kappa shape index (κ2) is 6.17. The topological polar surface area (TPSA) is 43.1 Å². The van der Waals surface area contributed by atoms with Gasteiger partial charge in [0.25, 0.3) is 0 Å². The third-order valence-corrected chi connectivity index (χ3v) is 5.84. The normalized spacial score (nSPS) is 17.5. The van der Waals surface area contributed by atoms with Gasteiger partial charge in [0.2, 0.25) is 11.4 Å². The van der Waals surface area contributed by atoms with Gasteiger partial charge in [0.1, 0.15) is 12.6 Å². The summed E-state index contributed by atoms with van der Waals surface area (Å²) in [6, 6.07) is 10.3. The maximum absolute atomic E-state index is 8.34. The molecule has 152 valence electrons. The molecule has 31 heavy (non-hydrogen) atoms. The number of aromatic nitrogens is 2. The molecule has 0 aliphatic rings. The largest absolute Gasteiger partial charge is 0.454 e. The molecule has 0 amide bonds. The van der Waals surface area contributed by atoms with Crippen LogP contribution in [0.1, 0.15) is 34.6 Å². The van der Waals surface area contributed by atoms with Crippen LogP contribution in [0.25, 0.3) is 55.3 Å². The lowest BCUT2D eigenvalue weighted by atomic mass is 9.95. The quantitative estimate of drug-likeness (QED) is 0.283. The highest BCUT2D eigenvalue weighted by atomic mass is 16.3. The Morgan fingerprint density at radius 3 is 2.55 bits per heavy atom. The number of nitrogens with zero attached hydrogens (tertiary/aromatic N) is 2. The second-order valence-corrected chi connectivity index (χ2v) is 7.79. The van der Waals surface area contributed by atoms with Crippen molar-refractivity contribution in [1.82, 2.24) is 4.98 Å². The van der Waals surface area contributed by atoms with E-state index in [1.165, 1.54) is 23.0 Å². The lowest BCUT2D eigenvalue weighted by molar-refractivity contribution is -0.660. The molecule has 0 aliphatic heterocycles. The van der Waals surface area contributed by atoms with Gasteiger partial charge < -0.3 is 8.83 Å². The molecular weight excluding hydrogens is 384 g/mol. The Balaban J connectivity index is 1.82. The van der Waals surface area contributed by atoms with E-state index < -0.39 is 20.6 Å². The van der Waals surface area contributed by atoms with Gasteiger partial charge in [-0.1, -0.05) is 24.3 Å². The van der Waals surface area contributed by atoms with Crippen LogP contribution in [-0.4, -0.2) is 4.98 Å². The average Bonchev–Trinajstić information content (AvgIpc) is 3.40. The predicted molar refractivity (Wildman–Crippen MR) is 124 cm³/mol. The molecule has 4 aromatic heterocycles. The third kappa shape index (κ3) is 2.42. The van der Waals surface area contributed by atoms with Crippen LogP contribution in [0.3, 0.4) is 0 Å². The van der Waals surface area contributed by atoms with Crippen LogP contribution in [0, 0.1) is 27.5 Å². The fourth-order valence-electron chi connectivity index (χ4n) is 4.46. The van der Waals surface area contributed by atoms with E-state index in [9.17, 15) is 0 Å². The van der Waals surface area contributed by atoms with Crippen LogP contribution >= 0.6 is 0 Å². The molecule has 4 heteroatoms. The minimum absolute atomic E-state index is 0.0555. The molecule has 0 spiro atoms. The summed E-state index contributed by atoms with van der Waals surface area (Å²) in [5.41, 5.74) is 2.24. The van der Waals surface area contributed by atoms with Gasteiger partial charge in [-0.2, -0.15) is 0 Å². The minimum Gasteiger partial charge on any atom is -0.454 e. The number of benzene rings is 2. The number of hydrogen-bond donors (Lipinski definition) is 0. The highest BCUT2D eigenvalue weighted by Crippen LogP contribution is 2.43. The molecule has 0 unspecified atom stereocenters. The first-order valence-corrected chi connectivity index (χ1v) is 9.79. The maximum Gasteiger partial charge on any atom is 0.228 e. The van der Waals surface area contributed by atoms with Crippen LogP contribution in [0.4, 0.5) is 0 Å². The molecule has 0 fully saturated rings. The van der Waals surface area contributed by atoms with Crippen molar-refractivity contribution in [3.05, 3.63) is 71.0 Å². The standard InChI is InChI=1S/C27H23N2O2/c1-14-11-19(29(5)13-17(14)4)22-15(2)10-16(3)23-25-24-18-8-6-7-9-20(18)30-21(24)12-28-27(25)31-26(22)23/h6-13H,1-5H3/q+1/i1D3,3D3,4D3. The van der Waals surface area contributed by atoms with Crippen molar-refractivity contribution < 1.29 is 25.7 Å². The van der Waals surface area contributed by atoms with Crippen LogP contribution < -0.4 is 4.57 Å². The molecule has 0 aliphatic carbocycles. The molecule has 0 atom stereocenters. The molecule has 4 heterocycles. The highest BCUT2D eigenvalue weighted by Gasteiger charge is 2.25. The number of furan rings is 2. The van der Waals surface area contributed by atoms with E-state index in [2.05, 4.69) is 4.98 Å². The first kappa shape index (κ1) is 11.1. The Morgan fingerprint density at radius 1 is 0.871 bits per heavy atom. The maximum atomic E-state index is 8.34. The zero-order valence-corrected chi connectivity index (χ0v) is 16.8. The van der Waals surface area contributed by atoms with Gasteiger partial charge in [-0.3, -0.25) is 0 Å².